The number of ether oxygens (including phenoxy) is 2. The monoisotopic (exact) mass is 329 g/mol. The lowest BCUT2D eigenvalue weighted by Gasteiger charge is -2.15. The highest BCUT2D eigenvalue weighted by Gasteiger charge is 2.10. The van der Waals surface area contributed by atoms with E-state index in [0.29, 0.717) is 31.1 Å². The smallest absolute Gasteiger partial charge is 0.253 e. The number of rotatable bonds is 8. The van der Waals surface area contributed by atoms with Gasteiger partial charge in [-0.3, -0.25) is 4.79 Å². The van der Waals surface area contributed by atoms with Crippen molar-refractivity contribution in [2.75, 3.05) is 33.4 Å². The van der Waals surface area contributed by atoms with Gasteiger partial charge in [-0.2, -0.15) is 0 Å². The Hall–Kier alpha value is -2.53. The van der Waals surface area contributed by atoms with E-state index in [1.54, 1.807) is 31.3 Å². The average Bonchev–Trinajstić information content (AvgIpc) is 2.60. The Bertz CT molecular complexity index is 637. The molecule has 1 N–H and O–H groups in total. The fraction of sp³-hybridized carbons (Fsp3) is 0.316. The van der Waals surface area contributed by atoms with E-state index in [2.05, 4.69) is 0 Å². The summed E-state index contributed by atoms with van der Waals surface area (Å²) in [4.78, 5) is 13.5. The van der Waals surface area contributed by atoms with Crippen LogP contribution in [0.4, 0.5) is 0 Å². The van der Waals surface area contributed by atoms with Crippen molar-refractivity contribution in [2.45, 2.75) is 6.92 Å². The summed E-state index contributed by atoms with van der Waals surface area (Å²) in [5, 5.41) is 8.87. The number of benzene rings is 2. The molecule has 0 fully saturated rings. The topological polar surface area (TPSA) is 59.0 Å². The summed E-state index contributed by atoms with van der Waals surface area (Å²) in [5.41, 5.74) is 1.76. The molecule has 2 aromatic carbocycles. The molecule has 0 aliphatic carbocycles. The lowest BCUT2D eigenvalue weighted by Crippen LogP contribution is -2.29. The molecule has 0 aromatic heterocycles. The number of nitrogens with zero attached hydrogens (tertiary/aromatic N) is 1. The number of carbonyl (C=O) groups excluding carboxylic acids is 1. The molecule has 2 rings (SSSR count). The molecule has 0 spiro atoms. The molecule has 2 aromatic rings. The third kappa shape index (κ3) is 5.28. The molecule has 128 valence electrons. The van der Waals surface area contributed by atoms with Crippen LogP contribution in [0.15, 0.2) is 48.5 Å². The van der Waals surface area contributed by atoms with E-state index in [1.807, 2.05) is 31.2 Å². The zero-order valence-electron chi connectivity index (χ0n) is 14.1. The maximum Gasteiger partial charge on any atom is 0.253 e. The lowest BCUT2D eigenvalue weighted by molar-refractivity contribution is 0.0767. The average molecular weight is 329 g/mol. The Labute approximate surface area is 142 Å². The number of aryl methyl sites for hydroxylation is 1. The highest BCUT2D eigenvalue weighted by molar-refractivity contribution is 5.94. The first-order valence-corrected chi connectivity index (χ1v) is 7.89. The fourth-order valence-corrected chi connectivity index (χ4v) is 2.12. The van der Waals surface area contributed by atoms with E-state index < -0.39 is 0 Å². The first kappa shape index (κ1) is 17.8. The maximum atomic E-state index is 12.0. The summed E-state index contributed by atoms with van der Waals surface area (Å²) < 4.78 is 11.2. The van der Waals surface area contributed by atoms with Crippen LogP contribution in [0.25, 0.3) is 0 Å². The van der Waals surface area contributed by atoms with Gasteiger partial charge in [-0.25, -0.2) is 0 Å². The Balaban J connectivity index is 1.77. The Morgan fingerprint density at radius 2 is 1.46 bits per heavy atom. The van der Waals surface area contributed by atoms with Gasteiger partial charge in [-0.05, 0) is 43.3 Å². The van der Waals surface area contributed by atoms with Crippen molar-refractivity contribution >= 4 is 5.91 Å². The normalized spacial score (nSPS) is 10.3. The van der Waals surface area contributed by atoms with Crippen LogP contribution in [0.5, 0.6) is 11.5 Å². The SMILES string of the molecule is Cc1ccc(OCCOc2ccc(C(=O)N(C)CCO)cc2)cc1. The van der Waals surface area contributed by atoms with Crippen LogP contribution in [-0.2, 0) is 0 Å². The van der Waals surface area contributed by atoms with Crippen LogP contribution < -0.4 is 9.47 Å². The van der Waals surface area contributed by atoms with Crippen LogP contribution in [0, 0.1) is 6.92 Å². The minimum Gasteiger partial charge on any atom is -0.490 e. The van der Waals surface area contributed by atoms with Gasteiger partial charge in [0.15, 0.2) is 0 Å². The molecular formula is C19H23NO4. The molecule has 0 heterocycles. The minimum absolute atomic E-state index is 0.0512. The number of aliphatic hydroxyl groups is 1. The molecule has 0 saturated heterocycles. The van der Waals surface area contributed by atoms with E-state index in [9.17, 15) is 4.79 Å². The van der Waals surface area contributed by atoms with Gasteiger partial charge in [0, 0.05) is 19.2 Å². The number of hydrogen-bond acceptors (Lipinski definition) is 4. The van der Waals surface area contributed by atoms with E-state index >= 15 is 0 Å². The quantitative estimate of drug-likeness (QED) is 0.756. The van der Waals surface area contributed by atoms with Crippen LogP contribution in [-0.4, -0.2) is 49.3 Å². The third-order valence-corrected chi connectivity index (χ3v) is 3.53. The van der Waals surface area contributed by atoms with Gasteiger partial charge in [0.1, 0.15) is 24.7 Å². The summed E-state index contributed by atoms with van der Waals surface area (Å²) in [6.07, 6.45) is 0. The van der Waals surface area contributed by atoms with Gasteiger partial charge >= 0.3 is 0 Å². The van der Waals surface area contributed by atoms with Gasteiger partial charge in [-0.1, -0.05) is 17.7 Å². The van der Waals surface area contributed by atoms with Crippen LogP contribution in [0.2, 0.25) is 0 Å². The summed E-state index contributed by atoms with van der Waals surface area (Å²) in [5.74, 6) is 1.37. The summed E-state index contributed by atoms with van der Waals surface area (Å²) in [6, 6.07) is 14.8. The molecule has 24 heavy (non-hydrogen) atoms. The number of aliphatic hydroxyl groups excluding tert-OH is 1. The molecule has 5 heteroatoms. The summed E-state index contributed by atoms with van der Waals surface area (Å²) in [7, 11) is 1.66. The van der Waals surface area contributed by atoms with Gasteiger partial charge in [0.05, 0.1) is 6.61 Å². The number of likely N-dealkylation sites (N-methyl/N-ethyl adjacent to an activating group) is 1. The summed E-state index contributed by atoms with van der Waals surface area (Å²) >= 11 is 0. The number of hydrogen-bond donors (Lipinski definition) is 1. The zero-order valence-corrected chi connectivity index (χ0v) is 14.1. The highest BCUT2D eigenvalue weighted by atomic mass is 16.5. The second kappa shape index (κ2) is 8.93. The zero-order chi connectivity index (χ0) is 17.4. The van der Waals surface area contributed by atoms with Crippen molar-refractivity contribution in [2.24, 2.45) is 0 Å². The fourth-order valence-electron chi connectivity index (χ4n) is 2.12. The standard InChI is InChI=1S/C19H23NO4/c1-15-3-7-17(8-4-15)23-13-14-24-18-9-5-16(6-10-18)19(22)20(2)11-12-21/h3-10,21H,11-14H2,1-2H3. The second-order valence-corrected chi connectivity index (χ2v) is 5.48. The number of amides is 1. The number of carbonyl (C=O) groups is 1. The Kier molecular flexibility index (Phi) is 6.63. The van der Waals surface area contributed by atoms with Crippen molar-refractivity contribution in [3.05, 3.63) is 59.7 Å². The van der Waals surface area contributed by atoms with E-state index in [0.717, 1.165) is 5.75 Å². The van der Waals surface area contributed by atoms with Gasteiger partial charge in [0.25, 0.3) is 5.91 Å². The van der Waals surface area contributed by atoms with Gasteiger partial charge in [0.2, 0.25) is 0 Å². The predicted molar refractivity (Wildman–Crippen MR) is 92.7 cm³/mol. The molecule has 0 aliphatic rings. The van der Waals surface area contributed by atoms with Crippen LogP contribution >= 0.6 is 0 Å². The highest BCUT2D eigenvalue weighted by Crippen LogP contribution is 2.14. The molecule has 0 saturated carbocycles. The Morgan fingerprint density at radius 1 is 0.958 bits per heavy atom. The van der Waals surface area contributed by atoms with Crippen molar-refractivity contribution in [1.82, 2.24) is 4.90 Å². The van der Waals surface area contributed by atoms with Crippen molar-refractivity contribution in [3.8, 4) is 11.5 Å². The largest absolute Gasteiger partial charge is 0.490 e. The third-order valence-electron chi connectivity index (χ3n) is 3.53. The van der Waals surface area contributed by atoms with Crippen molar-refractivity contribution < 1.29 is 19.4 Å². The molecule has 0 aliphatic heterocycles. The second-order valence-electron chi connectivity index (χ2n) is 5.48. The van der Waals surface area contributed by atoms with E-state index in [-0.39, 0.29) is 12.5 Å². The van der Waals surface area contributed by atoms with Crippen molar-refractivity contribution in [1.29, 1.82) is 0 Å². The van der Waals surface area contributed by atoms with E-state index in [4.69, 9.17) is 14.6 Å². The molecule has 5 nitrogen and oxygen atoms in total. The Morgan fingerprint density at radius 3 is 1.96 bits per heavy atom. The maximum absolute atomic E-state index is 12.0. The van der Waals surface area contributed by atoms with Crippen LogP contribution in [0.1, 0.15) is 15.9 Å². The van der Waals surface area contributed by atoms with E-state index in [1.165, 1.54) is 10.5 Å². The predicted octanol–water partition coefficient (Wildman–Crippen LogP) is 2.52. The summed E-state index contributed by atoms with van der Waals surface area (Å²) in [6.45, 7) is 3.16. The molecule has 0 bridgehead atoms. The first-order chi connectivity index (χ1) is 11.6. The van der Waals surface area contributed by atoms with Gasteiger partial charge < -0.3 is 19.5 Å². The van der Waals surface area contributed by atoms with Crippen LogP contribution in [0.3, 0.4) is 0 Å². The molecule has 1 amide bonds. The molecule has 0 radical (unpaired) electrons. The molecule has 0 unspecified atom stereocenters. The van der Waals surface area contributed by atoms with Crippen molar-refractivity contribution in [3.63, 3.8) is 0 Å². The molecular weight excluding hydrogens is 306 g/mol. The van der Waals surface area contributed by atoms with Gasteiger partial charge in [-0.15, -0.1) is 0 Å². The lowest BCUT2D eigenvalue weighted by atomic mass is 10.2. The first-order valence-electron chi connectivity index (χ1n) is 7.89. The minimum atomic E-state index is -0.127. The molecule has 0 atom stereocenters.